The molecule has 158 valence electrons. The molecule has 2 aromatic rings. The second-order valence-corrected chi connectivity index (χ2v) is 7.62. The van der Waals surface area contributed by atoms with E-state index in [0.717, 1.165) is 0 Å². The molecule has 1 aromatic carbocycles. The van der Waals surface area contributed by atoms with Crippen LogP contribution in [0.1, 0.15) is 28.8 Å². The number of hydrogen-bond acceptors (Lipinski definition) is 4. The number of carbonyl (C=O) groups is 2. The minimum atomic E-state index is -0.561. The number of halogens is 1. The molecular weight excluding hydrogens is 389 g/mol. The number of carbonyl (C=O) groups excluding carboxylic acids is 2. The Morgan fingerprint density at radius 2 is 1.77 bits per heavy atom. The Morgan fingerprint density at radius 3 is 2.47 bits per heavy atom. The highest BCUT2D eigenvalue weighted by Gasteiger charge is 2.38. The van der Waals surface area contributed by atoms with Gasteiger partial charge in [-0.05, 0) is 55.7 Å². The largest absolute Gasteiger partial charge is 0.378 e. The van der Waals surface area contributed by atoms with Crippen molar-refractivity contribution < 1.29 is 18.7 Å². The maximum absolute atomic E-state index is 13.4. The Hall–Kier alpha value is -3.00. The number of ether oxygens (including phenoxy) is 1. The van der Waals surface area contributed by atoms with Gasteiger partial charge in [-0.25, -0.2) is 4.39 Å². The van der Waals surface area contributed by atoms with Gasteiger partial charge in [-0.2, -0.15) is 0 Å². The summed E-state index contributed by atoms with van der Waals surface area (Å²) in [6.07, 6.45) is 2.87. The second-order valence-electron chi connectivity index (χ2n) is 7.62. The zero-order chi connectivity index (χ0) is 21.3. The fourth-order valence-electron chi connectivity index (χ4n) is 4.10. The fraction of sp³-hybridized carbons (Fsp3) is 0.409. The molecule has 2 aliphatic rings. The first-order valence-corrected chi connectivity index (χ1v) is 10.1. The molecule has 0 N–H and O–H groups in total. The summed E-state index contributed by atoms with van der Waals surface area (Å²) in [4.78, 5) is 42.8. The Balaban J connectivity index is 1.65. The Bertz CT molecular complexity index is 1010. The van der Waals surface area contributed by atoms with Gasteiger partial charge in [0.05, 0.1) is 13.2 Å². The Kier molecular flexibility index (Phi) is 5.67. The van der Waals surface area contributed by atoms with Crippen LogP contribution in [0, 0.1) is 12.7 Å². The first kappa shape index (κ1) is 20.3. The van der Waals surface area contributed by atoms with E-state index < -0.39 is 23.3 Å². The first-order chi connectivity index (χ1) is 14.5. The van der Waals surface area contributed by atoms with Crippen molar-refractivity contribution in [3.05, 3.63) is 63.8 Å². The molecule has 8 heteroatoms. The third kappa shape index (κ3) is 3.75. The van der Waals surface area contributed by atoms with E-state index in [1.54, 1.807) is 24.1 Å². The third-order valence-electron chi connectivity index (χ3n) is 5.74. The third-order valence-corrected chi connectivity index (χ3v) is 5.74. The van der Waals surface area contributed by atoms with Crippen molar-refractivity contribution in [2.24, 2.45) is 0 Å². The summed E-state index contributed by atoms with van der Waals surface area (Å²) >= 11 is 0. The van der Waals surface area contributed by atoms with Crippen LogP contribution in [-0.2, 0) is 9.53 Å². The van der Waals surface area contributed by atoms with E-state index in [1.165, 1.54) is 33.7 Å². The smallest absolute Gasteiger partial charge is 0.268 e. The molecule has 2 aliphatic heterocycles. The standard InChI is InChI=1S/C22H24FN3O4/c1-15-8-10-25(17-6-4-16(23)5-7-17)21(28)19(15)22(29)26-9-2-3-18(26)20(27)24-11-13-30-14-12-24/h4-8,10,18H,2-3,9,11-14H2,1H3/t18-/m0/s1. The number of aryl methyl sites for hydroxylation is 1. The van der Waals surface area contributed by atoms with E-state index >= 15 is 0 Å². The van der Waals surface area contributed by atoms with Gasteiger partial charge >= 0.3 is 0 Å². The fourth-order valence-corrected chi connectivity index (χ4v) is 4.10. The molecule has 4 rings (SSSR count). The van der Waals surface area contributed by atoms with Crippen LogP contribution in [0.4, 0.5) is 4.39 Å². The van der Waals surface area contributed by atoms with Gasteiger partial charge < -0.3 is 14.5 Å². The number of morpholine rings is 1. The van der Waals surface area contributed by atoms with Gasteiger partial charge in [0, 0.05) is 31.5 Å². The molecule has 0 bridgehead atoms. The number of benzene rings is 1. The normalized spacial score (nSPS) is 19.2. The second kappa shape index (κ2) is 8.39. The quantitative estimate of drug-likeness (QED) is 0.769. The van der Waals surface area contributed by atoms with Gasteiger partial charge in [0.25, 0.3) is 11.5 Å². The van der Waals surface area contributed by atoms with Gasteiger partial charge in [0.2, 0.25) is 5.91 Å². The van der Waals surface area contributed by atoms with Crippen molar-refractivity contribution >= 4 is 11.8 Å². The van der Waals surface area contributed by atoms with Crippen LogP contribution < -0.4 is 5.56 Å². The van der Waals surface area contributed by atoms with Crippen molar-refractivity contribution in [3.63, 3.8) is 0 Å². The summed E-state index contributed by atoms with van der Waals surface area (Å²) in [5.74, 6) is -0.925. The van der Waals surface area contributed by atoms with Gasteiger partial charge in [0.1, 0.15) is 17.4 Å². The molecule has 3 heterocycles. The van der Waals surface area contributed by atoms with Gasteiger partial charge in [-0.15, -0.1) is 0 Å². The molecule has 0 radical (unpaired) electrons. The predicted molar refractivity (Wildman–Crippen MR) is 108 cm³/mol. The van der Waals surface area contributed by atoms with Crippen LogP contribution in [-0.4, -0.2) is 65.1 Å². The summed E-state index contributed by atoms with van der Waals surface area (Å²) in [5, 5.41) is 0. The van der Waals surface area contributed by atoms with Gasteiger partial charge in [-0.3, -0.25) is 19.0 Å². The minimum absolute atomic E-state index is 0.0449. The number of hydrogen-bond donors (Lipinski definition) is 0. The van der Waals surface area contributed by atoms with Crippen LogP contribution in [0.25, 0.3) is 5.69 Å². The van der Waals surface area contributed by atoms with Gasteiger partial charge in [-0.1, -0.05) is 0 Å². The molecule has 0 saturated carbocycles. The summed E-state index contributed by atoms with van der Waals surface area (Å²) in [5.41, 5.74) is 0.588. The number of amides is 2. The molecule has 30 heavy (non-hydrogen) atoms. The lowest BCUT2D eigenvalue weighted by molar-refractivity contribution is -0.139. The van der Waals surface area contributed by atoms with Crippen molar-refractivity contribution in [1.29, 1.82) is 0 Å². The van der Waals surface area contributed by atoms with E-state index in [2.05, 4.69) is 0 Å². The van der Waals surface area contributed by atoms with Crippen LogP contribution >= 0.6 is 0 Å². The average molecular weight is 413 g/mol. The minimum Gasteiger partial charge on any atom is -0.378 e. The first-order valence-electron chi connectivity index (χ1n) is 10.1. The van der Waals surface area contributed by atoms with Crippen LogP contribution in [0.3, 0.4) is 0 Å². The van der Waals surface area contributed by atoms with Crippen molar-refractivity contribution in [2.45, 2.75) is 25.8 Å². The van der Waals surface area contributed by atoms with E-state index in [1.807, 2.05) is 0 Å². The molecule has 0 spiro atoms. The zero-order valence-corrected chi connectivity index (χ0v) is 16.8. The van der Waals surface area contributed by atoms with E-state index in [9.17, 15) is 18.8 Å². The van der Waals surface area contributed by atoms with Crippen LogP contribution in [0.2, 0.25) is 0 Å². The maximum atomic E-state index is 13.4. The number of likely N-dealkylation sites (tertiary alicyclic amines) is 1. The van der Waals surface area contributed by atoms with Crippen LogP contribution in [0.15, 0.2) is 41.3 Å². The van der Waals surface area contributed by atoms with E-state index in [0.29, 0.717) is 56.9 Å². The maximum Gasteiger partial charge on any atom is 0.268 e. The predicted octanol–water partition coefficient (Wildman–Crippen LogP) is 1.75. The number of aromatic nitrogens is 1. The SMILES string of the molecule is Cc1ccn(-c2ccc(F)cc2)c(=O)c1C(=O)N1CCC[C@H]1C(=O)N1CCOCC1. The number of rotatable bonds is 3. The van der Waals surface area contributed by atoms with Gasteiger partial charge in [0.15, 0.2) is 0 Å². The lowest BCUT2D eigenvalue weighted by Gasteiger charge is -2.32. The summed E-state index contributed by atoms with van der Waals surface area (Å²) in [6.45, 7) is 4.15. The molecule has 0 aliphatic carbocycles. The summed E-state index contributed by atoms with van der Waals surface area (Å²) in [7, 11) is 0. The summed E-state index contributed by atoms with van der Waals surface area (Å²) in [6, 6.07) is 6.63. The van der Waals surface area contributed by atoms with E-state index in [-0.39, 0.29) is 11.5 Å². The monoisotopic (exact) mass is 413 g/mol. The number of nitrogens with zero attached hydrogens (tertiary/aromatic N) is 3. The number of pyridine rings is 1. The zero-order valence-electron chi connectivity index (χ0n) is 16.8. The average Bonchev–Trinajstić information content (AvgIpc) is 3.25. The molecule has 2 amide bonds. The molecule has 1 atom stereocenters. The molecule has 1 aromatic heterocycles. The van der Waals surface area contributed by atoms with Crippen molar-refractivity contribution in [2.75, 3.05) is 32.8 Å². The molecular formula is C22H24FN3O4. The van der Waals surface area contributed by atoms with Crippen molar-refractivity contribution in [1.82, 2.24) is 14.4 Å². The molecule has 7 nitrogen and oxygen atoms in total. The highest BCUT2D eigenvalue weighted by Crippen LogP contribution is 2.23. The lowest BCUT2D eigenvalue weighted by atomic mass is 10.1. The molecule has 2 saturated heterocycles. The molecule has 0 unspecified atom stereocenters. The lowest BCUT2D eigenvalue weighted by Crippen LogP contribution is -2.51. The topological polar surface area (TPSA) is 71.9 Å². The van der Waals surface area contributed by atoms with E-state index in [4.69, 9.17) is 4.74 Å². The Morgan fingerprint density at radius 1 is 1.07 bits per heavy atom. The summed E-state index contributed by atoms with van der Waals surface area (Å²) < 4.78 is 19.9. The molecule has 2 fully saturated rings. The highest BCUT2D eigenvalue weighted by atomic mass is 19.1. The highest BCUT2D eigenvalue weighted by molar-refractivity contribution is 5.98. The van der Waals surface area contributed by atoms with Crippen LogP contribution in [0.5, 0.6) is 0 Å². The van der Waals surface area contributed by atoms with Crippen molar-refractivity contribution in [3.8, 4) is 5.69 Å². The Labute approximate surface area is 173 Å².